The van der Waals surface area contributed by atoms with E-state index in [0.717, 1.165) is 21.9 Å². The molecule has 0 saturated heterocycles. The third-order valence-electron chi connectivity index (χ3n) is 2.03. The first-order valence-corrected chi connectivity index (χ1v) is 3.75. The lowest BCUT2D eigenvalue weighted by molar-refractivity contribution is 0.458. The second kappa shape index (κ2) is 1.88. The van der Waals surface area contributed by atoms with Gasteiger partial charge >= 0.3 is 0 Å². The third kappa shape index (κ3) is 0.580. The molecule has 0 radical (unpaired) electrons. The highest BCUT2D eigenvalue weighted by molar-refractivity contribution is 6.02. The molecule has 1 aromatic carbocycles. The van der Waals surface area contributed by atoms with Gasteiger partial charge in [0.05, 0.1) is 5.52 Å². The first-order valence-electron chi connectivity index (χ1n) is 3.75. The van der Waals surface area contributed by atoms with Crippen molar-refractivity contribution in [2.24, 2.45) is 0 Å². The summed E-state index contributed by atoms with van der Waals surface area (Å²) < 4.78 is 5.22. The molecule has 58 valence electrons. The second-order valence-corrected chi connectivity index (χ2v) is 2.73. The van der Waals surface area contributed by atoms with Crippen LogP contribution >= 0.6 is 0 Å². The fraction of sp³-hybridized carbons (Fsp3) is 0. The molecule has 0 aliphatic rings. The summed E-state index contributed by atoms with van der Waals surface area (Å²) in [6.07, 6.45) is 3.62. The minimum absolute atomic E-state index is 0.880. The summed E-state index contributed by atoms with van der Waals surface area (Å²) >= 11 is 0. The van der Waals surface area contributed by atoms with Gasteiger partial charge in [0.25, 0.3) is 0 Å². The number of aromatic amines is 1. The zero-order valence-corrected chi connectivity index (χ0v) is 6.24. The average molecular weight is 158 g/mol. The van der Waals surface area contributed by atoms with Crippen molar-refractivity contribution in [2.45, 2.75) is 0 Å². The maximum absolute atomic E-state index is 5.22. The molecule has 2 heterocycles. The van der Waals surface area contributed by atoms with E-state index in [2.05, 4.69) is 10.1 Å². The Labute approximate surface area is 68.0 Å². The molecule has 0 spiro atoms. The zero-order valence-electron chi connectivity index (χ0n) is 6.24. The van der Waals surface area contributed by atoms with Gasteiger partial charge in [-0.2, -0.15) is 0 Å². The van der Waals surface area contributed by atoms with Gasteiger partial charge in [0, 0.05) is 23.2 Å². The molecule has 3 nitrogen and oxygen atoms in total. The van der Waals surface area contributed by atoms with Crippen LogP contribution in [0.3, 0.4) is 0 Å². The van der Waals surface area contributed by atoms with E-state index in [1.165, 1.54) is 0 Å². The van der Waals surface area contributed by atoms with E-state index in [9.17, 15) is 0 Å². The number of benzene rings is 1. The number of hydrogen-bond donors (Lipinski definition) is 1. The van der Waals surface area contributed by atoms with Crippen LogP contribution in [0.2, 0.25) is 0 Å². The van der Waals surface area contributed by atoms with Gasteiger partial charge in [-0.1, -0.05) is 0 Å². The fourth-order valence-corrected chi connectivity index (χ4v) is 1.45. The predicted octanol–water partition coefficient (Wildman–Crippen LogP) is 2.31. The Kier molecular flexibility index (Phi) is 0.913. The molecule has 12 heavy (non-hydrogen) atoms. The summed E-state index contributed by atoms with van der Waals surface area (Å²) in [7, 11) is 0. The van der Waals surface area contributed by atoms with Crippen molar-refractivity contribution in [1.82, 2.24) is 10.1 Å². The lowest BCUT2D eigenvalue weighted by atomic mass is 10.2. The summed E-state index contributed by atoms with van der Waals surface area (Å²) in [5.41, 5.74) is 1.86. The molecule has 0 amide bonds. The topological polar surface area (TPSA) is 41.8 Å². The quantitative estimate of drug-likeness (QED) is 0.545. The molecular formula is C9H6N2O. The van der Waals surface area contributed by atoms with Gasteiger partial charge in [0.1, 0.15) is 0 Å². The van der Waals surface area contributed by atoms with E-state index in [4.69, 9.17) is 4.52 Å². The van der Waals surface area contributed by atoms with Gasteiger partial charge in [-0.3, -0.25) is 4.98 Å². The SMILES string of the molecule is c1cc2c(ccc3c[nH]oc32)n1. The summed E-state index contributed by atoms with van der Waals surface area (Å²) in [4.78, 5) is 4.17. The number of fused-ring (bicyclic) bond motifs is 3. The zero-order chi connectivity index (χ0) is 7.97. The molecule has 0 saturated carbocycles. The van der Waals surface area contributed by atoms with Crippen LogP contribution in [0.1, 0.15) is 0 Å². The third-order valence-corrected chi connectivity index (χ3v) is 2.03. The van der Waals surface area contributed by atoms with E-state index in [1.807, 2.05) is 24.4 Å². The Morgan fingerprint density at radius 2 is 2.25 bits per heavy atom. The van der Waals surface area contributed by atoms with Crippen LogP contribution in [0.4, 0.5) is 0 Å². The lowest BCUT2D eigenvalue weighted by Crippen LogP contribution is -1.67. The maximum atomic E-state index is 5.22. The number of aromatic nitrogens is 2. The first-order chi connectivity index (χ1) is 5.95. The largest absolute Gasteiger partial charge is 0.381 e. The van der Waals surface area contributed by atoms with Gasteiger partial charge in [0.15, 0.2) is 5.58 Å². The van der Waals surface area contributed by atoms with Crippen molar-refractivity contribution in [3.8, 4) is 0 Å². The maximum Gasteiger partial charge on any atom is 0.173 e. The lowest BCUT2D eigenvalue weighted by Gasteiger charge is -1.87. The van der Waals surface area contributed by atoms with Crippen LogP contribution in [0.5, 0.6) is 0 Å². The molecule has 0 aliphatic heterocycles. The van der Waals surface area contributed by atoms with Crippen molar-refractivity contribution in [2.75, 3.05) is 0 Å². The number of nitrogens with one attached hydrogen (secondary N) is 1. The molecule has 3 heteroatoms. The summed E-state index contributed by atoms with van der Waals surface area (Å²) in [6.45, 7) is 0. The van der Waals surface area contributed by atoms with Crippen molar-refractivity contribution < 1.29 is 4.52 Å². The molecule has 2 aromatic heterocycles. The summed E-state index contributed by atoms with van der Waals surface area (Å²) in [6, 6.07) is 5.93. The Bertz CT molecular complexity index is 486. The smallest absolute Gasteiger partial charge is 0.173 e. The number of H-pyrrole nitrogens is 1. The van der Waals surface area contributed by atoms with Gasteiger partial charge in [-0.15, -0.1) is 0 Å². The average Bonchev–Trinajstić information content (AvgIpc) is 2.71. The van der Waals surface area contributed by atoms with E-state index < -0.39 is 0 Å². The van der Waals surface area contributed by atoms with Crippen molar-refractivity contribution >= 4 is 21.9 Å². The summed E-state index contributed by atoms with van der Waals surface area (Å²) in [5.74, 6) is 0. The van der Waals surface area contributed by atoms with E-state index >= 15 is 0 Å². The fourth-order valence-electron chi connectivity index (χ4n) is 1.45. The normalized spacial score (nSPS) is 11.3. The van der Waals surface area contributed by atoms with Crippen LogP contribution in [0, 0.1) is 0 Å². The monoisotopic (exact) mass is 158 g/mol. The van der Waals surface area contributed by atoms with Crippen LogP contribution in [-0.2, 0) is 0 Å². The molecule has 3 rings (SSSR count). The highest BCUT2D eigenvalue weighted by atomic mass is 16.5. The Balaban J connectivity index is 2.71. The van der Waals surface area contributed by atoms with Crippen LogP contribution in [0.15, 0.2) is 35.1 Å². The molecule has 0 atom stereocenters. The van der Waals surface area contributed by atoms with Crippen LogP contribution < -0.4 is 0 Å². The first kappa shape index (κ1) is 5.83. The van der Waals surface area contributed by atoms with Crippen molar-refractivity contribution in [1.29, 1.82) is 0 Å². The minimum atomic E-state index is 0.880. The molecule has 0 fully saturated rings. The van der Waals surface area contributed by atoms with Gasteiger partial charge in [0.2, 0.25) is 0 Å². The Morgan fingerprint density at radius 3 is 3.25 bits per heavy atom. The standard InChI is InChI=1S/C9H6N2O/c1-2-8-7(3-4-10-8)9-6(1)5-11-12-9/h1-5,11H. The second-order valence-electron chi connectivity index (χ2n) is 2.73. The Hall–Kier alpha value is -1.77. The Morgan fingerprint density at radius 1 is 1.25 bits per heavy atom. The molecule has 0 bridgehead atoms. The van der Waals surface area contributed by atoms with Crippen LogP contribution in [0.25, 0.3) is 21.9 Å². The summed E-state index contributed by atoms with van der Waals surface area (Å²) in [5, 5.41) is 4.86. The minimum Gasteiger partial charge on any atom is -0.381 e. The molecule has 1 N–H and O–H groups in total. The van der Waals surface area contributed by atoms with Gasteiger partial charge in [-0.05, 0) is 18.2 Å². The molecule has 0 unspecified atom stereocenters. The van der Waals surface area contributed by atoms with E-state index in [-0.39, 0.29) is 0 Å². The van der Waals surface area contributed by atoms with Crippen molar-refractivity contribution in [3.05, 3.63) is 30.6 Å². The number of nitrogens with zero attached hydrogens (tertiary/aromatic N) is 1. The molecule has 3 aromatic rings. The van der Waals surface area contributed by atoms with Crippen LogP contribution in [-0.4, -0.2) is 10.1 Å². The van der Waals surface area contributed by atoms with Gasteiger partial charge < -0.3 is 4.52 Å². The highest BCUT2D eigenvalue weighted by Crippen LogP contribution is 2.23. The van der Waals surface area contributed by atoms with E-state index in [1.54, 1.807) is 6.20 Å². The highest BCUT2D eigenvalue weighted by Gasteiger charge is 2.03. The van der Waals surface area contributed by atoms with Crippen molar-refractivity contribution in [3.63, 3.8) is 0 Å². The molecular weight excluding hydrogens is 152 g/mol. The molecule has 0 aliphatic carbocycles. The predicted molar refractivity (Wildman–Crippen MR) is 45.9 cm³/mol. The number of hydrogen-bond acceptors (Lipinski definition) is 2. The number of rotatable bonds is 0. The van der Waals surface area contributed by atoms with Gasteiger partial charge in [-0.25, -0.2) is 5.16 Å². The van der Waals surface area contributed by atoms with E-state index in [0.29, 0.717) is 0 Å².